The Morgan fingerprint density at radius 2 is 2.13 bits per heavy atom. The van der Waals surface area contributed by atoms with E-state index in [-0.39, 0.29) is 4.64 Å². The highest BCUT2D eigenvalue weighted by atomic mass is 32.1. The van der Waals surface area contributed by atoms with Crippen LogP contribution in [0.4, 0.5) is 5.95 Å². The van der Waals surface area contributed by atoms with E-state index < -0.39 is 49.7 Å². The second-order valence-corrected chi connectivity index (χ2v) is 7.22. The summed E-state index contributed by atoms with van der Waals surface area (Å²) in [6.45, 7) is -0.0668. The van der Waals surface area contributed by atoms with Crippen molar-refractivity contribution in [3.8, 4) is 0 Å². The molecule has 5 atom stereocenters. The Kier molecular flexibility index (Phi) is 7.30. The van der Waals surface area contributed by atoms with Crippen LogP contribution in [-0.4, -0.2) is 96.5 Å². The summed E-state index contributed by atoms with van der Waals surface area (Å²) in [4.78, 5) is 22.9. The van der Waals surface area contributed by atoms with Crippen molar-refractivity contribution in [1.82, 2.24) is 24.8 Å². The number of aromatic nitrogens is 4. The first kappa shape index (κ1) is 22.5. The molecule has 1 saturated heterocycles. The fraction of sp³-hybridized carbons (Fsp3) is 0.625. The van der Waals surface area contributed by atoms with Crippen LogP contribution in [0.3, 0.4) is 0 Å². The van der Waals surface area contributed by atoms with Gasteiger partial charge in [-0.1, -0.05) is 12.2 Å². The van der Waals surface area contributed by atoms with Gasteiger partial charge < -0.3 is 46.5 Å². The Hall–Kier alpha value is -2.20. The molecule has 0 aliphatic carbocycles. The Balaban J connectivity index is 1.67. The van der Waals surface area contributed by atoms with Gasteiger partial charge in [0.15, 0.2) is 10.9 Å². The molecule has 2 aromatic rings. The Bertz CT molecular complexity index is 936. The first-order chi connectivity index (χ1) is 14.4. The molecule has 3 rings (SSSR count). The highest BCUT2D eigenvalue weighted by molar-refractivity contribution is 7.71. The number of aromatic amines is 1. The van der Waals surface area contributed by atoms with Crippen LogP contribution >= 0.6 is 12.2 Å². The topological polar surface area (TPSA) is 204 Å². The van der Waals surface area contributed by atoms with Gasteiger partial charge >= 0.3 is 0 Å². The maximum absolute atomic E-state index is 11.5. The summed E-state index contributed by atoms with van der Waals surface area (Å²) < 4.78 is 7.25. The molecule has 0 radical (unpaired) electrons. The molecule has 0 aromatic carbocycles. The first-order valence-corrected chi connectivity index (χ1v) is 9.75. The van der Waals surface area contributed by atoms with Crippen LogP contribution in [0.1, 0.15) is 12.6 Å². The molecule has 1 aliphatic rings. The van der Waals surface area contributed by atoms with Gasteiger partial charge in [-0.25, -0.2) is 9.97 Å². The fourth-order valence-electron chi connectivity index (χ4n) is 3.04. The third-order valence-corrected chi connectivity index (χ3v) is 5.00. The number of hydrogen-bond donors (Lipinski definition) is 8. The number of nitrogens with two attached hydrogens (primary N) is 1. The van der Waals surface area contributed by atoms with Crippen molar-refractivity contribution in [2.75, 3.05) is 31.6 Å². The lowest BCUT2D eigenvalue weighted by Crippen LogP contribution is -2.43. The number of carbonyl (C=O) groups excluding carboxylic acids is 1. The number of fused-ring (bicyclic) bond motifs is 1. The molecule has 2 aromatic heterocycles. The lowest BCUT2D eigenvalue weighted by molar-refractivity contribution is -0.123. The van der Waals surface area contributed by atoms with E-state index in [9.17, 15) is 20.1 Å². The van der Waals surface area contributed by atoms with Crippen molar-refractivity contribution in [2.24, 2.45) is 5.73 Å². The largest absolute Gasteiger partial charge is 0.394 e. The maximum atomic E-state index is 11.5. The van der Waals surface area contributed by atoms with Gasteiger partial charge in [-0.3, -0.25) is 9.36 Å². The monoisotopic (exact) mass is 443 g/mol. The van der Waals surface area contributed by atoms with Gasteiger partial charge in [0.2, 0.25) is 11.9 Å². The average Bonchev–Trinajstić information content (AvgIpc) is 3.28. The smallest absolute Gasteiger partial charge is 0.239 e. The molecular weight excluding hydrogens is 418 g/mol. The summed E-state index contributed by atoms with van der Waals surface area (Å²) in [5.74, 6) is -0.0850. The highest BCUT2D eigenvalue weighted by Gasteiger charge is 2.43. The number of aliphatic hydroxyl groups is 4. The standard InChI is InChI=1S/C16H25N7O6S/c17-7(4-24)13(28)18-2-1-3-19-16-21-12-9(14(30)22-16)20-6-23(12)15-11(27)10(26)8(5-25)29-15/h6-8,10-11,15,24-27H,1-5,17H2,(H,18,28)(H2,19,21,22,30)/t7?,8-,10+,11?,15-/m1/s1. The molecule has 0 bridgehead atoms. The van der Waals surface area contributed by atoms with Crippen molar-refractivity contribution >= 4 is 35.2 Å². The molecule has 0 spiro atoms. The van der Waals surface area contributed by atoms with Gasteiger partial charge in [0.1, 0.15) is 35.5 Å². The zero-order valence-corrected chi connectivity index (χ0v) is 16.7. The number of anilines is 1. The zero-order chi connectivity index (χ0) is 21.8. The molecule has 14 heteroatoms. The number of carbonyl (C=O) groups is 1. The van der Waals surface area contributed by atoms with Crippen molar-refractivity contribution in [2.45, 2.75) is 37.0 Å². The molecule has 1 aliphatic heterocycles. The summed E-state index contributed by atoms with van der Waals surface area (Å²) in [5.41, 5.74) is 6.23. The molecule has 1 amide bonds. The number of imidazole rings is 1. The molecule has 3 heterocycles. The summed E-state index contributed by atoms with van der Waals surface area (Å²) in [6, 6.07) is -0.949. The predicted octanol–water partition coefficient (Wildman–Crippen LogP) is -2.66. The normalized spacial score (nSPS) is 24.8. The average molecular weight is 443 g/mol. The van der Waals surface area contributed by atoms with Crippen molar-refractivity contribution < 1.29 is 30.0 Å². The summed E-state index contributed by atoms with van der Waals surface area (Å²) >= 11 is 5.27. The van der Waals surface area contributed by atoms with E-state index in [1.54, 1.807) is 0 Å². The van der Waals surface area contributed by atoms with Crippen LogP contribution in [-0.2, 0) is 9.53 Å². The zero-order valence-electron chi connectivity index (χ0n) is 15.9. The molecule has 2 unspecified atom stereocenters. The molecule has 9 N–H and O–H groups in total. The van der Waals surface area contributed by atoms with Crippen LogP contribution in [0, 0.1) is 4.64 Å². The minimum atomic E-state index is -1.26. The van der Waals surface area contributed by atoms with Gasteiger partial charge in [0, 0.05) is 13.1 Å². The Morgan fingerprint density at radius 1 is 1.37 bits per heavy atom. The third kappa shape index (κ3) is 4.59. The van der Waals surface area contributed by atoms with E-state index in [1.807, 2.05) is 0 Å². The number of hydrogen-bond acceptors (Lipinski definition) is 11. The number of amides is 1. The van der Waals surface area contributed by atoms with Gasteiger partial charge in [-0.05, 0) is 6.42 Å². The predicted molar refractivity (Wildman–Crippen MR) is 107 cm³/mol. The SMILES string of the molecule is NC(CO)C(=O)NCCCNc1nc(=S)c2ncn([C@@H]3O[C@H](CO)[C@H](O)C3O)c2[nH]1. The van der Waals surface area contributed by atoms with E-state index in [4.69, 9.17) is 27.8 Å². The minimum absolute atomic E-state index is 0.221. The van der Waals surface area contributed by atoms with E-state index in [0.29, 0.717) is 36.6 Å². The minimum Gasteiger partial charge on any atom is -0.394 e. The second kappa shape index (κ2) is 9.74. The fourth-order valence-corrected chi connectivity index (χ4v) is 3.28. The van der Waals surface area contributed by atoms with Crippen LogP contribution in [0.5, 0.6) is 0 Å². The number of H-pyrrole nitrogens is 1. The number of aliphatic hydroxyl groups excluding tert-OH is 4. The molecule has 166 valence electrons. The number of ether oxygens (including phenoxy) is 1. The van der Waals surface area contributed by atoms with Crippen LogP contribution in [0.15, 0.2) is 6.33 Å². The van der Waals surface area contributed by atoms with Crippen LogP contribution in [0.2, 0.25) is 0 Å². The van der Waals surface area contributed by atoms with E-state index in [2.05, 4.69) is 25.6 Å². The molecule has 30 heavy (non-hydrogen) atoms. The first-order valence-electron chi connectivity index (χ1n) is 9.34. The van der Waals surface area contributed by atoms with Crippen molar-refractivity contribution in [3.63, 3.8) is 0 Å². The van der Waals surface area contributed by atoms with Gasteiger partial charge in [0.05, 0.1) is 19.5 Å². The summed E-state index contributed by atoms with van der Waals surface area (Å²) in [5, 5.41) is 44.0. The summed E-state index contributed by atoms with van der Waals surface area (Å²) in [7, 11) is 0. The Morgan fingerprint density at radius 3 is 2.80 bits per heavy atom. The lowest BCUT2D eigenvalue weighted by Gasteiger charge is -2.17. The Labute approximate surface area is 175 Å². The van der Waals surface area contributed by atoms with Gasteiger partial charge in [0.25, 0.3) is 0 Å². The van der Waals surface area contributed by atoms with E-state index in [0.717, 1.165) is 0 Å². The molecular formula is C16H25N7O6S. The van der Waals surface area contributed by atoms with E-state index >= 15 is 0 Å². The number of nitrogens with zero attached hydrogens (tertiary/aromatic N) is 3. The van der Waals surface area contributed by atoms with Gasteiger partial charge in [-0.2, -0.15) is 0 Å². The molecule has 0 saturated carbocycles. The van der Waals surface area contributed by atoms with Crippen molar-refractivity contribution in [1.29, 1.82) is 0 Å². The van der Waals surface area contributed by atoms with Crippen LogP contribution in [0.25, 0.3) is 11.2 Å². The van der Waals surface area contributed by atoms with Crippen LogP contribution < -0.4 is 16.4 Å². The third-order valence-electron chi connectivity index (χ3n) is 4.72. The molecule has 13 nitrogen and oxygen atoms in total. The van der Waals surface area contributed by atoms with E-state index in [1.165, 1.54) is 10.9 Å². The number of nitrogens with one attached hydrogen (secondary N) is 3. The quantitative estimate of drug-likeness (QED) is 0.148. The van der Waals surface area contributed by atoms with Crippen molar-refractivity contribution in [3.05, 3.63) is 11.0 Å². The second-order valence-electron chi connectivity index (χ2n) is 6.83. The molecule has 1 fully saturated rings. The lowest BCUT2D eigenvalue weighted by atomic mass is 10.1. The summed E-state index contributed by atoms with van der Waals surface area (Å²) in [6.07, 6.45) is -2.43. The maximum Gasteiger partial charge on any atom is 0.239 e. The van der Waals surface area contributed by atoms with Gasteiger partial charge in [-0.15, -0.1) is 0 Å². The number of rotatable bonds is 9. The highest BCUT2D eigenvalue weighted by Crippen LogP contribution is 2.31.